The molecule has 0 bridgehead atoms. The van der Waals surface area contributed by atoms with Gasteiger partial charge in [0, 0.05) is 28.9 Å². The molecule has 44 heavy (non-hydrogen) atoms. The monoisotopic (exact) mass is 615 g/mol. The van der Waals surface area contributed by atoms with Crippen molar-refractivity contribution in [1.82, 2.24) is 15.3 Å². The molecule has 228 valence electrons. The predicted molar refractivity (Wildman–Crippen MR) is 146 cm³/mol. The first-order chi connectivity index (χ1) is 20.7. The number of nitrogens with zero attached hydrogens (tertiary/aromatic N) is 2. The average Bonchev–Trinajstić information content (AvgIpc) is 2.97. The highest BCUT2D eigenvalue weighted by Gasteiger charge is 2.38. The zero-order valence-electron chi connectivity index (χ0n) is 22.8. The number of carbonyl (C=O) groups excluding carboxylic acids is 1. The van der Waals surface area contributed by atoms with Gasteiger partial charge < -0.3 is 15.2 Å². The maximum Gasteiger partial charge on any atom is 0.490 e. The van der Waals surface area contributed by atoms with Crippen molar-refractivity contribution in [2.75, 3.05) is 13.2 Å². The van der Waals surface area contributed by atoms with Crippen molar-refractivity contribution in [2.24, 2.45) is 5.41 Å². The number of nitrogens with one attached hydrogen (secondary N) is 1. The molecular weight excluding hydrogens is 592 g/mol. The fraction of sp³-hybridized carbons (Fsp3) is 0.226. The minimum absolute atomic E-state index is 0.278. The van der Waals surface area contributed by atoms with Crippen LogP contribution in [0.1, 0.15) is 45.7 Å². The third kappa shape index (κ3) is 7.90. The molecule has 1 amide bonds. The molecule has 1 aliphatic rings. The fourth-order valence-electron chi connectivity index (χ4n) is 4.06. The number of carboxylic acid groups (broad SMARTS) is 1. The quantitative estimate of drug-likeness (QED) is 0.210. The summed E-state index contributed by atoms with van der Waals surface area (Å²) in [7, 11) is 0. The number of benzene rings is 2. The van der Waals surface area contributed by atoms with Crippen LogP contribution in [0, 0.1) is 17.3 Å². The molecule has 1 atom stereocenters. The summed E-state index contributed by atoms with van der Waals surface area (Å²) in [6.45, 7) is 3.03. The van der Waals surface area contributed by atoms with E-state index in [2.05, 4.69) is 27.1 Å². The highest BCUT2D eigenvalue weighted by atomic mass is 19.4. The van der Waals surface area contributed by atoms with Gasteiger partial charge in [-0.15, -0.1) is 0 Å². The zero-order chi connectivity index (χ0) is 32.1. The molecular formula is C31H23F6N3O4. The highest BCUT2D eigenvalue weighted by molar-refractivity contribution is 5.98. The van der Waals surface area contributed by atoms with Crippen LogP contribution in [0.5, 0.6) is 0 Å². The van der Waals surface area contributed by atoms with E-state index < -0.39 is 35.8 Å². The summed E-state index contributed by atoms with van der Waals surface area (Å²) in [6.07, 6.45) is -6.32. The van der Waals surface area contributed by atoms with E-state index in [1.165, 1.54) is 12.1 Å². The number of pyridine rings is 2. The van der Waals surface area contributed by atoms with Gasteiger partial charge in [-0.3, -0.25) is 14.8 Å². The number of rotatable bonds is 4. The minimum Gasteiger partial charge on any atom is -0.475 e. The first-order valence-corrected chi connectivity index (χ1v) is 12.8. The topological polar surface area (TPSA) is 101 Å². The molecule has 2 N–H and O–H groups in total. The summed E-state index contributed by atoms with van der Waals surface area (Å²) in [5.74, 6) is 3.20. The molecule has 2 aromatic heterocycles. The van der Waals surface area contributed by atoms with E-state index in [4.69, 9.17) is 14.6 Å². The van der Waals surface area contributed by atoms with Crippen molar-refractivity contribution in [3.8, 4) is 11.8 Å². The second-order valence-corrected chi connectivity index (χ2v) is 9.98. The van der Waals surface area contributed by atoms with Crippen molar-refractivity contribution in [1.29, 1.82) is 0 Å². The Morgan fingerprint density at radius 3 is 2.18 bits per heavy atom. The molecule has 0 radical (unpaired) electrons. The van der Waals surface area contributed by atoms with Gasteiger partial charge in [0.1, 0.15) is 0 Å². The van der Waals surface area contributed by atoms with E-state index in [1.807, 2.05) is 13.0 Å². The van der Waals surface area contributed by atoms with Gasteiger partial charge in [-0.1, -0.05) is 30.0 Å². The van der Waals surface area contributed by atoms with Crippen molar-refractivity contribution in [3.63, 3.8) is 0 Å². The Morgan fingerprint density at radius 1 is 0.955 bits per heavy atom. The lowest BCUT2D eigenvalue weighted by Crippen LogP contribution is -2.38. The summed E-state index contributed by atoms with van der Waals surface area (Å²) < 4.78 is 76.6. The lowest BCUT2D eigenvalue weighted by molar-refractivity contribution is -0.192. The summed E-state index contributed by atoms with van der Waals surface area (Å²) in [5, 5.41) is 10.9. The van der Waals surface area contributed by atoms with Crippen LogP contribution in [0.25, 0.3) is 10.9 Å². The summed E-state index contributed by atoms with van der Waals surface area (Å²) in [5.41, 5.74) is 1.54. The number of amides is 1. The van der Waals surface area contributed by atoms with Crippen molar-refractivity contribution in [3.05, 3.63) is 107 Å². The van der Waals surface area contributed by atoms with Crippen LogP contribution in [0.15, 0.2) is 79.1 Å². The minimum atomic E-state index is -5.08. The van der Waals surface area contributed by atoms with Gasteiger partial charge in [0.15, 0.2) is 0 Å². The maximum atomic E-state index is 13.4. The van der Waals surface area contributed by atoms with Crippen LogP contribution in [0.4, 0.5) is 26.3 Å². The Kier molecular flexibility index (Phi) is 9.24. The number of ether oxygens (including phenoxy) is 1. The normalized spacial score (nSPS) is 14.6. The number of hydrogen-bond acceptors (Lipinski definition) is 5. The second kappa shape index (κ2) is 12.7. The smallest absolute Gasteiger partial charge is 0.475 e. The number of carbonyl (C=O) groups is 2. The maximum absolute atomic E-state index is 13.4. The standard InChI is InChI=1S/C29H22F3N3O2.C2HF3O2/c1-28(17-37-18-28)13-12-19-4-2-15-34-25(19)26(20-6-9-23(10-7-20)29(30,31)32)35-27(36)22-8-11-24-21(16-22)5-3-14-33-24;3-2(4,5)1(6)7/h2-11,14-16,26H,17-18H2,1H3,(H,35,36);(H,6,7). The van der Waals surface area contributed by atoms with Crippen molar-refractivity contribution in [2.45, 2.75) is 25.3 Å². The van der Waals surface area contributed by atoms with Crippen LogP contribution in [-0.4, -0.2) is 46.3 Å². The number of halogens is 6. The van der Waals surface area contributed by atoms with E-state index >= 15 is 0 Å². The highest BCUT2D eigenvalue weighted by Crippen LogP contribution is 2.32. The molecule has 3 heterocycles. The molecule has 0 spiro atoms. The molecule has 0 aliphatic carbocycles. The Bertz CT molecular complexity index is 1720. The first-order valence-electron chi connectivity index (χ1n) is 12.8. The van der Waals surface area contributed by atoms with Crippen molar-refractivity contribution >= 4 is 22.8 Å². The van der Waals surface area contributed by atoms with Gasteiger partial charge in [0.2, 0.25) is 0 Å². The number of alkyl halides is 6. The van der Waals surface area contributed by atoms with E-state index in [1.54, 1.807) is 48.8 Å². The van der Waals surface area contributed by atoms with E-state index in [9.17, 15) is 31.1 Å². The summed E-state index contributed by atoms with van der Waals surface area (Å²) in [4.78, 5) is 31.0. The van der Waals surface area contributed by atoms with Gasteiger partial charge in [-0.05, 0) is 61.0 Å². The number of aromatic nitrogens is 2. The van der Waals surface area contributed by atoms with E-state index in [0.29, 0.717) is 35.6 Å². The third-order valence-electron chi connectivity index (χ3n) is 6.41. The lowest BCUT2D eigenvalue weighted by Gasteiger charge is -2.32. The number of fused-ring (bicyclic) bond motifs is 1. The van der Waals surface area contributed by atoms with E-state index in [0.717, 1.165) is 23.0 Å². The van der Waals surface area contributed by atoms with Crippen LogP contribution >= 0.6 is 0 Å². The lowest BCUT2D eigenvalue weighted by atomic mass is 9.89. The SMILES string of the molecule is CC1(C#Cc2cccnc2C(NC(=O)c2ccc3ncccc3c2)c2ccc(C(F)(F)F)cc2)COC1.O=C(O)C(F)(F)F. The number of hydrogen-bond donors (Lipinski definition) is 2. The largest absolute Gasteiger partial charge is 0.490 e. The molecule has 2 aromatic carbocycles. The Balaban J connectivity index is 0.000000566. The van der Waals surface area contributed by atoms with Crippen LogP contribution in [0.3, 0.4) is 0 Å². The summed E-state index contributed by atoms with van der Waals surface area (Å²) in [6, 6.07) is 16.1. The first kappa shape index (κ1) is 32.0. The van der Waals surface area contributed by atoms with Crippen molar-refractivity contribution < 1.29 is 45.8 Å². The zero-order valence-corrected chi connectivity index (χ0v) is 22.8. The molecule has 0 saturated carbocycles. The van der Waals surface area contributed by atoms with Gasteiger partial charge >= 0.3 is 18.3 Å². The van der Waals surface area contributed by atoms with Gasteiger partial charge in [-0.25, -0.2) is 4.79 Å². The average molecular weight is 616 g/mol. The molecule has 13 heteroatoms. The fourth-order valence-corrected chi connectivity index (χ4v) is 4.06. The molecule has 1 aliphatic heterocycles. The molecule has 5 rings (SSSR count). The van der Waals surface area contributed by atoms with Gasteiger partial charge in [-0.2, -0.15) is 26.3 Å². The van der Waals surface area contributed by atoms with E-state index in [-0.39, 0.29) is 5.41 Å². The van der Waals surface area contributed by atoms with Gasteiger partial charge in [0.25, 0.3) is 5.91 Å². The molecule has 7 nitrogen and oxygen atoms in total. The van der Waals surface area contributed by atoms with Crippen LogP contribution < -0.4 is 5.32 Å². The molecule has 4 aromatic rings. The number of carboxylic acids is 1. The molecule has 1 saturated heterocycles. The summed E-state index contributed by atoms with van der Waals surface area (Å²) >= 11 is 0. The second-order valence-electron chi connectivity index (χ2n) is 9.98. The Labute approximate surface area is 246 Å². The van der Waals surface area contributed by atoms with Gasteiger partial charge in [0.05, 0.1) is 41.4 Å². The van der Waals surface area contributed by atoms with Crippen LogP contribution in [0.2, 0.25) is 0 Å². The van der Waals surface area contributed by atoms with Crippen LogP contribution in [-0.2, 0) is 15.7 Å². The molecule has 1 unspecified atom stereocenters. The Hall–Kier alpha value is -4.96. The number of aliphatic carboxylic acids is 1. The molecule has 1 fully saturated rings. The predicted octanol–water partition coefficient (Wildman–Crippen LogP) is 6.19. The third-order valence-corrected chi connectivity index (χ3v) is 6.41. The Morgan fingerprint density at radius 2 is 1.59 bits per heavy atom.